The van der Waals surface area contributed by atoms with Gasteiger partial charge in [0.2, 0.25) is 0 Å². The second kappa shape index (κ2) is 6.12. The van der Waals surface area contributed by atoms with Gasteiger partial charge in [0.25, 0.3) is 0 Å². The first-order valence-corrected chi connectivity index (χ1v) is 7.55. The predicted molar refractivity (Wildman–Crippen MR) is 79.0 cm³/mol. The number of aromatic nitrogens is 3. The SMILES string of the molecule is CCSc1cccc(Sc2ncnn2C)c1C(=N)N. The third-order valence-electron chi connectivity index (χ3n) is 2.43. The van der Waals surface area contributed by atoms with Crippen LogP contribution in [0.25, 0.3) is 0 Å². The number of benzene rings is 1. The molecule has 5 nitrogen and oxygen atoms in total. The third-order valence-corrected chi connectivity index (χ3v) is 4.48. The smallest absolute Gasteiger partial charge is 0.190 e. The second-order valence-corrected chi connectivity index (χ2v) is 6.06. The van der Waals surface area contributed by atoms with E-state index in [1.807, 2.05) is 25.2 Å². The summed E-state index contributed by atoms with van der Waals surface area (Å²) in [6.07, 6.45) is 1.51. The van der Waals surface area contributed by atoms with E-state index in [9.17, 15) is 0 Å². The van der Waals surface area contributed by atoms with Crippen molar-refractivity contribution in [3.05, 3.63) is 30.1 Å². The van der Waals surface area contributed by atoms with Crippen molar-refractivity contribution < 1.29 is 0 Å². The van der Waals surface area contributed by atoms with Crippen LogP contribution in [0.4, 0.5) is 0 Å². The molecule has 0 unspecified atom stereocenters. The van der Waals surface area contributed by atoms with Crippen LogP contribution in [0.5, 0.6) is 0 Å². The average Bonchev–Trinajstić information content (AvgIpc) is 2.75. The molecule has 0 aliphatic heterocycles. The number of nitrogens with two attached hydrogens (primary N) is 1. The van der Waals surface area contributed by atoms with Gasteiger partial charge in [0.1, 0.15) is 12.2 Å². The Hall–Kier alpha value is -1.47. The van der Waals surface area contributed by atoms with Crippen molar-refractivity contribution in [1.29, 1.82) is 5.41 Å². The van der Waals surface area contributed by atoms with E-state index >= 15 is 0 Å². The molecule has 100 valence electrons. The van der Waals surface area contributed by atoms with Gasteiger partial charge in [-0.25, -0.2) is 9.67 Å². The lowest BCUT2D eigenvalue weighted by molar-refractivity contribution is 0.685. The summed E-state index contributed by atoms with van der Waals surface area (Å²) in [5.41, 5.74) is 6.51. The Bertz CT molecular complexity index is 594. The molecule has 7 heteroatoms. The van der Waals surface area contributed by atoms with E-state index in [0.717, 1.165) is 26.3 Å². The Labute approximate surface area is 120 Å². The average molecular weight is 293 g/mol. The summed E-state index contributed by atoms with van der Waals surface area (Å²) >= 11 is 3.16. The maximum Gasteiger partial charge on any atom is 0.190 e. The highest BCUT2D eigenvalue weighted by Gasteiger charge is 2.14. The van der Waals surface area contributed by atoms with Gasteiger partial charge in [-0.15, -0.1) is 11.8 Å². The number of aryl methyl sites for hydroxylation is 1. The summed E-state index contributed by atoms with van der Waals surface area (Å²) in [4.78, 5) is 6.15. The number of nitrogen functional groups attached to an aromatic ring is 1. The lowest BCUT2D eigenvalue weighted by Crippen LogP contribution is -2.14. The highest BCUT2D eigenvalue weighted by molar-refractivity contribution is 8.00. The lowest BCUT2D eigenvalue weighted by atomic mass is 10.2. The zero-order valence-electron chi connectivity index (χ0n) is 10.8. The molecular formula is C12H15N5S2. The summed E-state index contributed by atoms with van der Waals surface area (Å²) in [6.45, 7) is 2.08. The molecule has 1 aromatic carbocycles. The van der Waals surface area contributed by atoms with Gasteiger partial charge in [-0.2, -0.15) is 5.10 Å². The zero-order valence-corrected chi connectivity index (χ0v) is 12.4. The minimum absolute atomic E-state index is 0.0845. The molecule has 0 saturated carbocycles. The van der Waals surface area contributed by atoms with Crippen LogP contribution in [0.1, 0.15) is 12.5 Å². The fourth-order valence-corrected chi connectivity index (χ4v) is 3.47. The van der Waals surface area contributed by atoms with Crippen LogP contribution in [-0.4, -0.2) is 26.4 Å². The van der Waals surface area contributed by atoms with Gasteiger partial charge in [0, 0.05) is 22.4 Å². The largest absolute Gasteiger partial charge is 0.384 e. The standard InChI is InChI=1S/C12H15N5S2/c1-3-18-8-5-4-6-9(10(8)11(13)14)19-12-15-7-16-17(12)2/h4-7H,3H2,1-2H3,(H3,13,14). The topological polar surface area (TPSA) is 80.6 Å². The van der Waals surface area contributed by atoms with E-state index in [0.29, 0.717) is 0 Å². The monoisotopic (exact) mass is 293 g/mol. The van der Waals surface area contributed by atoms with Crippen molar-refractivity contribution in [1.82, 2.24) is 14.8 Å². The number of hydrogen-bond donors (Lipinski definition) is 2. The van der Waals surface area contributed by atoms with Crippen molar-refractivity contribution in [3.8, 4) is 0 Å². The first kappa shape index (κ1) is 14.0. The van der Waals surface area contributed by atoms with Crippen LogP contribution in [0.2, 0.25) is 0 Å². The number of rotatable bonds is 5. The van der Waals surface area contributed by atoms with Crippen molar-refractivity contribution in [3.63, 3.8) is 0 Å². The summed E-state index contributed by atoms with van der Waals surface area (Å²) in [6, 6.07) is 5.92. The summed E-state index contributed by atoms with van der Waals surface area (Å²) in [5, 5.41) is 12.6. The molecule has 2 aromatic rings. The van der Waals surface area contributed by atoms with E-state index in [1.54, 1.807) is 16.4 Å². The van der Waals surface area contributed by atoms with Crippen LogP contribution in [-0.2, 0) is 7.05 Å². The minimum atomic E-state index is 0.0845. The van der Waals surface area contributed by atoms with Crippen LogP contribution < -0.4 is 5.73 Å². The molecule has 0 saturated heterocycles. The molecule has 0 fully saturated rings. The maximum atomic E-state index is 7.79. The highest BCUT2D eigenvalue weighted by atomic mass is 32.2. The van der Waals surface area contributed by atoms with Gasteiger partial charge in [0.15, 0.2) is 5.16 Å². The van der Waals surface area contributed by atoms with Crippen LogP contribution >= 0.6 is 23.5 Å². The molecule has 0 spiro atoms. The van der Waals surface area contributed by atoms with Crippen molar-refractivity contribution in [2.24, 2.45) is 12.8 Å². The molecule has 2 rings (SSSR count). The maximum absolute atomic E-state index is 7.79. The third kappa shape index (κ3) is 3.10. The number of hydrogen-bond acceptors (Lipinski definition) is 5. The van der Waals surface area contributed by atoms with E-state index < -0.39 is 0 Å². The Morgan fingerprint density at radius 3 is 2.74 bits per heavy atom. The molecule has 0 radical (unpaired) electrons. The van der Waals surface area contributed by atoms with Crippen molar-refractivity contribution >= 4 is 29.4 Å². The van der Waals surface area contributed by atoms with E-state index in [-0.39, 0.29) is 5.84 Å². The fourth-order valence-electron chi connectivity index (χ4n) is 1.61. The number of thioether (sulfide) groups is 1. The molecule has 0 amide bonds. The van der Waals surface area contributed by atoms with Crippen LogP contribution in [0.3, 0.4) is 0 Å². The second-order valence-electron chi connectivity index (χ2n) is 3.74. The molecule has 0 aliphatic rings. The Morgan fingerprint density at radius 2 is 2.16 bits per heavy atom. The predicted octanol–water partition coefficient (Wildman–Crippen LogP) is 2.36. The molecular weight excluding hydrogens is 278 g/mol. The van der Waals surface area contributed by atoms with Crippen molar-refractivity contribution in [2.45, 2.75) is 21.9 Å². The highest BCUT2D eigenvalue weighted by Crippen LogP contribution is 2.34. The van der Waals surface area contributed by atoms with Crippen LogP contribution in [0.15, 0.2) is 39.5 Å². The summed E-state index contributed by atoms with van der Waals surface area (Å²) in [7, 11) is 1.84. The molecule has 0 atom stereocenters. The fraction of sp³-hybridized carbons (Fsp3) is 0.250. The first-order valence-electron chi connectivity index (χ1n) is 5.75. The molecule has 0 bridgehead atoms. The Morgan fingerprint density at radius 1 is 1.42 bits per heavy atom. The van der Waals surface area contributed by atoms with Gasteiger partial charge in [-0.1, -0.05) is 13.0 Å². The van der Waals surface area contributed by atoms with E-state index in [2.05, 4.69) is 17.0 Å². The van der Waals surface area contributed by atoms with Gasteiger partial charge in [-0.3, -0.25) is 5.41 Å². The number of nitrogens with one attached hydrogen (secondary N) is 1. The van der Waals surface area contributed by atoms with Gasteiger partial charge in [0.05, 0.1) is 0 Å². The van der Waals surface area contributed by atoms with Gasteiger partial charge < -0.3 is 5.73 Å². The minimum Gasteiger partial charge on any atom is -0.384 e. The number of nitrogens with zero attached hydrogens (tertiary/aromatic N) is 3. The summed E-state index contributed by atoms with van der Waals surface area (Å²) < 4.78 is 1.70. The molecule has 1 heterocycles. The molecule has 19 heavy (non-hydrogen) atoms. The van der Waals surface area contributed by atoms with Crippen molar-refractivity contribution in [2.75, 3.05) is 5.75 Å². The Balaban J connectivity index is 2.42. The normalized spacial score (nSPS) is 10.6. The molecule has 1 aromatic heterocycles. The van der Waals surface area contributed by atoms with Gasteiger partial charge >= 0.3 is 0 Å². The van der Waals surface area contributed by atoms with Gasteiger partial charge in [-0.05, 0) is 29.6 Å². The molecule has 3 N–H and O–H groups in total. The quantitative estimate of drug-likeness (QED) is 0.502. The lowest BCUT2D eigenvalue weighted by Gasteiger charge is -2.11. The van der Waals surface area contributed by atoms with E-state index in [4.69, 9.17) is 11.1 Å². The first-order chi connectivity index (χ1) is 9.13. The van der Waals surface area contributed by atoms with Crippen LogP contribution in [0, 0.1) is 5.41 Å². The summed E-state index contributed by atoms with van der Waals surface area (Å²) in [5.74, 6) is 1.03. The Kier molecular flexibility index (Phi) is 4.49. The van der Waals surface area contributed by atoms with E-state index in [1.165, 1.54) is 18.1 Å². The zero-order chi connectivity index (χ0) is 13.8. The number of amidine groups is 1. The molecule has 0 aliphatic carbocycles.